The van der Waals surface area contributed by atoms with Crippen LogP contribution in [0.15, 0.2) is 10.6 Å². The van der Waals surface area contributed by atoms with Gasteiger partial charge in [0, 0.05) is 25.1 Å². The molecule has 0 aromatic carbocycles. The van der Waals surface area contributed by atoms with Crippen molar-refractivity contribution in [2.24, 2.45) is 11.7 Å². The lowest BCUT2D eigenvalue weighted by molar-refractivity contribution is -0.134. The first kappa shape index (κ1) is 15.0. The van der Waals surface area contributed by atoms with Gasteiger partial charge in [0.1, 0.15) is 11.5 Å². The van der Waals surface area contributed by atoms with Gasteiger partial charge in [-0.1, -0.05) is 5.16 Å². The Labute approximate surface area is 113 Å². The Morgan fingerprint density at radius 3 is 2.83 bits per heavy atom. The van der Waals surface area contributed by atoms with Gasteiger partial charge in [0.2, 0.25) is 5.91 Å². The fourth-order valence-electron chi connectivity index (χ4n) is 2.37. The quantitative estimate of drug-likeness (QED) is 0.906. The molecule has 18 heavy (non-hydrogen) atoms. The molecule has 0 saturated heterocycles. The van der Waals surface area contributed by atoms with Crippen LogP contribution in [0.2, 0.25) is 0 Å². The number of carbonyl (C=O) groups is 1. The molecule has 102 valence electrons. The van der Waals surface area contributed by atoms with E-state index >= 15 is 0 Å². The first-order chi connectivity index (χ1) is 8.06. The number of carbonyl (C=O) groups excluding carboxylic acids is 1. The van der Waals surface area contributed by atoms with Crippen molar-refractivity contribution in [3.05, 3.63) is 17.5 Å². The van der Waals surface area contributed by atoms with E-state index in [9.17, 15) is 4.79 Å². The van der Waals surface area contributed by atoms with E-state index in [1.54, 1.807) is 11.9 Å². The smallest absolute Gasteiger partial charge is 0.225 e. The molecule has 1 saturated carbocycles. The molecule has 6 heteroatoms. The molecule has 0 spiro atoms. The van der Waals surface area contributed by atoms with E-state index in [0.29, 0.717) is 6.54 Å². The van der Waals surface area contributed by atoms with Gasteiger partial charge in [0.25, 0.3) is 0 Å². The molecule has 0 radical (unpaired) electrons. The standard InChI is InChI=1S/C12H19N3O2.ClH/c1-8-5-11(14-17-8)7-15(2)12(16)9-3-4-10(13)6-9;/h5,9-10H,3-4,6-7,13H2,1-2H3;1H. The summed E-state index contributed by atoms with van der Waals surface area (Å²) < 4.78 is 4.98. The van der Waals surface area contributed by atoms with E-state index in [0.717, 1.165) is 30.7 Å². The maximum Gasteiger partial charge on any atom is 0.225 e. The Bertz CT molecular complexity index is 408. The van der Waals surface area contributed by atoms with Gasteiger partial charge in [-0.15, -0.1) is 12.4 Å². The minimum atomic E-state index is 0. The van der Waals surface area contributed by atoms with Gasteiger partial charge in [0.05, 0.1) is 6.54 Å². The minimum absolute atomic E-state index is 0. The van der Waals surface area contributed by atoms with Crippen LogP contribution in [0.3, 0.4) is 0 Å². The van der Waals surface area contributed by atoms with Gasteiger partial charge in [-0.3, -0.25) is 4.79 Å². The number of rotatable bonds is 3. The highest BCUT2D eigenvalue weighted by atomic mass is 35.5. The predicted molar refractivity (Wildman–Crippen MR) is 70.3 cm³/mol. The molecule has 0 aliphatic heterocycles. The molecule has 0 bridgehead atoms. The number of hydrogen-bond donors (Lipinski definition) is 1. The number of aromatic nitrogens is 1. The summed E-state index contributed by atoms with van der Waals surface area (Å²) in [6.07, 6.45) is 2.66. The first-order valence-electron chi connectivity index (χ1n) is 5.99. The molecule has 1 aromatic heterocycles. The highest BCUT2D eigenvalue weighted by Crippen LogP contribution is 2.26. The molecule has 1 aromatic rings. The summed E-state index contributed by atoms with van der Waals surface area (Å²) in [4.78, 5) is 13.8. The molecule has 1 heterocycles. The Balaban J connectivity index is 0.00000162. The lowest BCUT2D eigenvalue weighted by Gasteiger charge is -2.19. The lowest BCUT2D eigenvalue weighted by Crippen LogP contribution is -2.32. The topological polar surface area (TPSA) is 72.4 Å². The van der Waals surface area contributed by atoms with E-state index in [1.807, 2.05) is 13.0 Å². The van der Waals surface area contributed by atoms with Crippen LogP contribution in [-0.4, -0.2) is 29.1 Å². The Hall–Kier alpha value is -1.07. The summed E-state index contributed by atoms with van der Waals surface area (Å²) in [7, 11) is 1.80. The number of aryl methyl sites for hydroxylation is 1. The molecule has 1 aliphatic rings. The molecule has 2 atom stereocenters. The molecule has 1 aliphatic carbocycles. The van der Waals surface area contributed by atoms with Gasteiger partial charge < -0.3 is 15.2 Å². The molecule has 5 nitrogen and oxygen atoms in total. The molecule has 2 rings (SSSR count). The molecule has 2 unspecified atom stereocenters. The zero-order chi connectivity index (χ0) is 12.4. The molecular formula is C12H20ClN3O2. The van der Waals surface area contributed by atoms with Crippen molar-refractivity contribution in [3.63, 3.8) is 0 Å². The lowest BCUT2D eigenvalue weighted by atomic mass is 10.1. The molecule has 2 N–H and O–H groups in total. The third kappa shape index (κ3) is 3.46. The van der Waals surface area contributed by atoms with Gasteiger partial charge >= 0.3 is 0 Å². The van der Waals surface area contributed by atoms with Gasteiger partial charge in [-0.25, -0.2) is 0 Å². The maximum absolute atomic E-state index is 12.1. The number of nitrogens with zero attached hydrogens (tertiary/aromatic N) is 2. The number of halogens is 1. The second kappa shape index (κ2) is 6.20. The van der Waals surface area contributed by atoms with Gasteiger partial charge in [-0.2, -0.15) is 0 Å². The summed E-state index contributed by atoms with van der Waals surface area (Å²) in [5, 5.41) is 3.89. The van der Waals surface area contributed by atoms with Gasteiger partial charge in [-0.05, 0) is 26.2 Å². The largest absolute Gasteiger partial charge is 0.361 e. The van der Waals surface area contributed by atoms with E-state index in [4.69, 9.17) is 10.3 Å². The Morgan fingerprint density at radius 1 is 1.61 bits per heavy atom. The first-order valence-corrected chi connectivity index (χ1v) is 5.99. The van der Waals surface area contributed by atoms with Crippen molar-refractivity contribution >= 4 is 18.3 Å². The minimum Gasteiger partial charge on any atom is -0.361 e. The van der Waals surface area contributed by atoms with Crippen molar-refractivity contribution < 1.29 is 9.32 Å². The Kier molecular flexibility index (Phi) is 5.16. The van der Waals surface area contributed by atoms with Crippen LogP contribution >= 0.6 is 12.4 Å². The SMILES string of the molecule is Cc1cc(CN(C)C(=O)C2CCC(N)C2)no1.Cl. The Morgan fingerprint density at radius 2 is 2.33 bits per heavy atom. The maximum atomic E-state index is 12.1. The summed E-state index contributed by atoms with van der Waals surface area (Å²) in [6, 6.07) is 2.04. The van der Waals surface area contributed by atoms with Crippen molar-refractivity contribution in [2.45, 2.75) is 38.8 Å². The van der Waals surface area contributed by atoms with Crippen LogP contribution in [0.4, 0.5) is 0 Å². The molecule has 1 fully saturated rings. The third-order valence-electron chi connectivity index (χ3n) is 3.27. The number of nitrogens with two attached hydrogens (primary N) is 1. The van der Waals surface area contributed by atoms with Crippen LogP contribution < -0.4 is 5.73 Å². The third-order valence-corrected chi connectivity index (χ3v) is 3.27. The molecular weight excluding hydrogens is 254 g/mol. The van der Waals surface area contributed by atoms with Crippen LogP contribution in [0, 0.1) is 12.8 Å². The van der Waals surface area contributed by atoms with Crippen LogP contribution in [0.1, 0.15) is 30.7 Å². The average Bonchev–Trinajstić information content (AvgIpc) is 2.87. The van der Waals surface area contributed by atoms with E-state index in [-0.39, 0.29) is 30.3 Å². The van der Waals surface area contributed by atoms with Crippen LogP contribution in [0.25, 0.3) is 0 Å². The zero-order valence-electron chi connectivity index (χ0n) is 10.8. The normalized spacial score (nSPS) is 22.6. The average molecular weight is 274 g/mol. The van der Waals surface area contributed by atoms with Crippen molar-refractivity contribution in [3.8, 4) is 0 Å². The van der Waals surface area contributed by atoms with Crippen LogP contribution in [-0.2, 0) is 11.3 Å². The van der Waals surface area contributed by atoms with E-state index in [2.05, 4.69) is 5.16 Å². The zero-order valence-corrected chi connectivity index (χ0v) is 11.6. The van der Waals surface area contributed by atoms with E-state index < -0.39 is 0 Å². The fraction of sp³-hybridized carbons (Fsp3) is 0.667. The number of hydrogen-bond acceptors (Lipinski definition) is 4. The highest BCUT2D eigenvalue weighted by molar-refractivity contribution is 5.85. The second-order valence-electron chi connectivity index (χ2n) is 4.89. The molecule has 1 amide bonds. The monoisotopic (exact) mass is 273 g/mol. The van der Waals surface area contributed by atoms with Crippen molar-refractivity contribution in [1.29, 1.82) is 0 Å². The second-order valence-corrected chi connectivity index (χ2v) is 4.89. The van der Waals surface area contributed by atoms with Gasteiger partial charge in [0.15, 0.2) is 0 Å². The highest BCUT2D eigenvalue weighted by Gasteiger charge is 2.29. The summed E-state index contributed by atoms with van der Waals surface area (Å²) in [5.74, 6) is 1.02. The van der Waals surface area contributed by atoms with Crippen LogP contribution in [0.5, 0.6) is 0 Å². The number of amides is 1. The fourth-order valence-corrected chi connectivity index (χ4v) is 2.37. The summed E-state index contributed by atoms with van der Waals surface area (Å²) in [5.41, 5.74) is 6.61. The van der Waals surface area contributed by atoms with Crippen molar-refractivity contribution in [1.82, 2.24) is 10.1 Å². The summed E-state index contributed by atoms with van der Waals surface area (Å²) in [6.45, 7) is 2.34. The summed E-state index contributed by atoms with van der Waals surface area (Å²) >= 11 is 0. The van der Waals surface area contributed by atoms with Crippen molar-refractivity contribution in [2.75, 3.05) is 7.05 Å². The van der Waals surface area contributed by atoms with E-state index in [1.165, 1.54) is 0 Å². The predicted octanol–water partition coefficient (Wildman–Crippen LogP) is 1.49.